The van der Waals surface area contributed by atoms with Crippen LogP contribution in [0.1, 0.15) is 31.7 Å². The van der Waals surface area contributed by atoms with Gasteiger partial charge in [0.05, 0.1) is 19.1 Å². The fraction of sp³-hybridized carbons (Fsp3) is 0.417. The van der Waals surface area contributed by atoms with Crippen LogP contribution in [0, 0.1) is 0 Å². The average Bonchev–Trinajstić information content (AvgIpc) is 2.80. The first kappa shape index (κ1) is 27.5. The highest BCUT2D eigenvalue weighted by Crippen LogP contribution is 2.23. The number of anilines is 1. The summed E-state index contributed by atoms with van der Waals surface area (Å²) in [5.41, 5.74) is 1.29. The second kappa shape index (κ2) is 12.6. The number of ether oxygens (including phenoxy) is 1. The molecule has 0 aliphatic rings. The van der Waals surface area contributed by atoms with Gasteiger partial charge in [0, 0.05) is 31.6 Å². The number of benzene rings is 2. The number of carbonyl (C=O) groups excluding carboxylic acids is 2. The monoisotopic (exact) mass is 509 g/mol. The first-order valence-corrected chi connectivity index (χ1v) is 13.2. The molecular weight excluding hydrogens is 478 g/mol. The summed E-state index contributed by atoms with van der Waals surface area (Å²) in [6, 6.07) is 13.2. The quantitative estimate of drug-likeness (QED) is 0.472. The molecule has 34 heavy (non-hydrogen) atoms. The Hall–Kier alpha value is -2.78. The predicted molar refractivity (Wildman–Crippen MR) is 135 cm³/mol. The van der Waals surface area contributed by atoms with E-state index in [1.165, 1.54) is 11.4 Å². The van der Waals surface area contributed by atoms with Crippen LogP contribution in [0.15, 0.2) is 48.5 Å². The fourth-order valence-corrected chi connectivity index (χ4v) is 4.79. The molecule has 0 unspecified atom stereocenters. The zero-order valence-corrected chi connectivity index (χ0v) is 21.5. The van der Waals surface area contributed by atoms with Crippen LogP contribution in [-0.2, 0) is 26.2 Å². The standard InChI is InChI=1S/C24H32ClN3O5S/c1-5-22(24(30)26-2)27(17-18-11-13-21(33-3)14-12-18)23(29)10-7-15-28(34(4,31)32)20-9-6-8-19(25)16-20/h6,8-9,11-14,16,22H,5,7,10,15,17H2,1-4H3,(H,26,30)/t22-/m0/s1. The molecule has 0 aliphatic heterocycles. The minimum Gasteiger partial charge on any atom is -0.497 e. The van der Waals surface area contributed by atoms with E-state index in [0.717, 1.165) is 11.8 Å². The molecule has 1 atom stereocenters. The number of rotatable bonds is 12. The highest BCUT2D eigenvalue weighted by molar-refractivity contribution is 7.92. The van der Waals surface area contributed by atoms with Gasteiger partial charge in [0.1, 0.15) is 11.8 Å². The lowest BCUT2D eigenvalue weighted by Gasteiger charge is -2.31. The van der Waals surface area contributed by atoms with Crippen molar-refractivity contribution in [2.45, 2.75) is 38.8 Å². The van der Waals surface area contributed by atoms with E-state index in [4.69, 9.17) is 16.3 Å². The number of hydrogen-bond acceptors (Lipinski definition) is 5. The van der Waals surface area contributed by atoms with Crippen LogP contribution in [0.2, 0.25) is 5.02 Å². The molecule has 2 aromatic rings. The van der Waals surface area contributed by atoms with Crippen molar-refractivity contribution in [2.24, 2.45) is 0 Å². The number of likely N-dealkylation sites (N-methyl/N-ethyl adjacent to an activating group) is 1. The van der Waals surface area contributed by atoms with Gasteiger partial charge < -0.3 is 15.0 Å². The van der Waals surface area contributed by atoms with E-state index < -0.39 is 16.1 Å². The van der Waals surface area contributed by atoms with Gasteiger partial charge in [0.15, 0.2) is 0 Å². The lowest BCUT2D eigenvalue weighted by Crippen LogP contribution is -2.48. The number of methoxy groups -OCH3 is 1. The minimum atomic E-state index is -3.57. The second-order valence-corrected chi connectivity index (χ2v) is 10.2. The number of hydrogen-bond donors (Lipinski definition) is 1. The van der Waals surface area contributed by atoms with Crippen molar-refractivity contribution in [3.63, 3.8) is 0 Å². The lowest BCUT2D eigenvalue weighted by atomic mass is 10.1. The van der Waals surface area contributed by atoms with Gasteiger partial charge in [-0.25, -0.2) is 8.42 Å². The van der Waals surface area contributed by atoms with Gasteiger partial charge in [-0.05, 0) is 48.7 Å². The van der Waals surface area contributed by atoms with Crippen molar-refractivity contribution in [1.82, 2.24) is 10.2 Å². The van der Waals surface area contributed by atoms with Gasteiger partial charge >= 0.3 is 0 Å². The fourth-order valence-electron chi connectivity index (χ4n) is 3.65. The molecule has 0 bridgehead atoms. The highest BCUT2D eigenvalue weighted by Gasteiger charge is 2.28. The molecule has 0 spiro atoms. The maximum Gasteiger partial charge on any atom is 0.242 e. The smallest absolute Gasteiger partial charge is 0.242 e. The number of nitrogens with zero attached hydrogens (tertiary/aromatic N) is 2. The van der Waals surface area contributed by atoms with Crippen LogP contribution < -0.4 is 14.4 Å². The normalized spacial score (nSPS) is 12.0. The summed E-state index contributed by atoms with van der Waals surface area (Å²) in [4.78, 5) is 27.3. The molecular formula is C24H32ClN3O5S. The Bertz CT molecular complexity index is 1080. The van der Waals surface area contributed by atoms with Gasteiger partial charge in [-0.1, -0.05) is 36.7 Å². The van der Waals surface area contributed by atoms with Crippen molar-refractivity contribution in [2.75, 3.05) is 31.3 Å². The van der Waals surface area contributed by atoms with E-state index in [-0.39, 0.29) is 37.7 Å². The molecule has 0 aromatic heterocycles. The lowest BCUT2D eigenvalue weighted by molar-refractivity contribution is -0.141. The third-order valence-corrected chi connectivity index (χ3v) is 6.82. The number of amides is 2. The van der Waals surface area contributed by atoms with Crippen molar-refractivity contribution >= 4 is 39.1 Å². The molecule has 0 radical (unpaired) electrons. The molecule has 186 valence electrons. The molecule has 0 aliphatic carbocycles. The molecule has 2 rings (SSSR count). The molecule has 0 saturated carbocycles. The minimum absolute atomic E-state index is 0.0796. The zero-order valence-electron chi connectivity index (χ0n) is 20.0. The average molecular weight is 510 g/mol. The SMILES string of the molecule is CC[C@@H](C(=O)NC)N(Cc1ccc(OC)cc1)C(=O)CCCN(c1cccc(Cl)c1)S(C)(=O)=O. The summed E-state index contributed by atoms with van der Waals surface area (Å²) in [5.74, 6) is 0.216. The summed E-state index contributed by atoms with van der Waals surface area (Å²) < 4.78 is 31.1. The summed E-state index contributed by atoms with van der Waals surface area (Å²) in [7, 11) is -0.459. The molecule has 1 N–H and O–H groups in total. The second-order valence-electron chi connectivity index (χ2n) is 7.83. The molecule has 0 fully saturated rings. The Morgan fingerprint density at radius 2 is 1.82 bits per heavy atom. The van der Waals surface area contributed by atoms with E-state index in [1.807, 2.05) is 19.1 Å². The van der Waals surface area contributed by atoms with Crippen molar-refractivity contribution in [3.05, 3.63) is 59.1 Å². The number of nitrogens with one attached hydrogen (secondary N) is 1. The van der Waals surface area contributed by atoms with Gasteiger partial charge in [0.2, 0.25) is 21.8 Å². The third-order valence-electron chi connectivity index (χ3n) is 5.39. The van der Waals surface area contributed by atoms with E-state index in [1.54, 1.807) is 48.4 Å². The van der Waals surface area contributed by atoms with E-state index in [0.29, 0.717) is 22.9 Å². The largest absolute Gasteiger partial charge is 0.497 e. The Balaban J connectivity index is 2.18. The summed E-state index contributed by atoms with van der Waals surface area (Å²) in [6.45, 7) is 2.20. The van der Waals surface area contributed by atoms with Crippen molar-refractivity contribution in [3.8, 4) is 5.75 Å². The molecule has 2 amide bonds. The topological polar surface area (TPSA) is 96.0 Å². The molecule has 10 heteroatoms. The summed E-state index contributed by atoms with van der Waals surface area (Å²) in [6.07, 6.45) is 1.92. The van der Waals surface area contributed by atoms with Gasteiger partial charge in [-0.15, -0.1) is 0 Å². The highest BCUT2D eigenvalue weighted by atomic mass is 35.5. The van der Waals surface area contributed by atoms with Crippen molar-refractivity contribution in [1.29, 1.82) is 0 Å². The maximum absolute atomic E-state index is 13.2. The molecule has 0 saturated heterocycles. The molecule has 0 heterocycles. The Morgan fingerprint density at radius 3 is 2.35 bits per heavy atom. The van der Waals surface area contributed by atoms with Gasteiger partial charge in [-0.3, -0.25) is 13.9 Å². The van der Waals surface area contributed by atoms with Crippen LogP contribution >= 0.6 is 11.6 Å². The van der Waals surface area contributed by atoms with Crippen LogP contribution in [0.4, 0.5) is 5.69 Å². The van der Waals surface area contributed by atoms with E-state index in [2.05, 4.69) is 5.32 Å². The summed E-state index contributed by atoms with van der Waals surface area (Å²) in [5, 5.41) is 3.04. The first-order chi connectivity index (χ1) is 16.1. The van der Waals surface area contributed by atoms with Crippen LogP contribution in [0.3, 0.4) is 0 Å². The third kappa shape index (κ3) is 7.63. The Kier molecular flexibility index (Phi) is 10.2. The number of carbonyl (C=O) groups is 2. The Labute approximate surface area is 206 Å². The van der Waals surface area contributed by atoms with Gasteiger partial charge in [-0.2, -0.15) is 0 Å². The van der Waals surface area contributed by atoms with Crippen molar-refractivity contribution < 1.29 is 22.7 Å². The maximum atomic E-state index is 13.2. The van der Waals surface area contributed by atoms with Crippen LogP contribution in [0.5, 0.6) is 5.75 Å². The predicted octanol–water partition coefficient (Wildman–Crippen LogP) is 3.45. The Morgan fingerprint density at radius 1 is 1.15 bits per heavy atom. The number of sulfonamides is 1. The molecule has 2 aromatic carbocycles. The zero-order chi connectivity index (χ0) is 25.3. The van der Waals surface area contributed by atoms with Crippen LogP contribution in [-0.4, -0.2) is 58.1 Å². The summed E-state index contributed by atoms with van der Waals surface area (Å²) >= 11 is 6.03. The first-order valence-electron chi connectivity index (χ1n) is 11.0. The van der Waals surface area contributed by atoms with E-state index in [9.17, 15) is 18.0 Å². The van der Waals surface area contributed by atoms with E-state index >= 15 is 0 Å². The van der Waals surface area contributed by atoms with Crippen LogP contribution in [0.25, 0.3) is 0 Å². The van der Waals surface area contributed by atoms with Gasteiger partial charge in [0.25, 0.3) is 0 Å². The molecule has 8 nitrogen and oxygen atoms in total. The number of halogens is 1.